The van der Waals surface area contributed by atoms with Crippen LogP contribution in [0.5, 0.6) is 5.88 Å². The van der Waals surface area contributed by atoms with Crippen LogP contribution in [0.3, 0.4) is 0 Å². The monoisotopic (exact) mass is 395 g/mol. The number of halogens is 1. The van der Waals surface area contributed by atoms with Gasteiger partial charge in [-0.05, 0) is 37.3 Å². The van der Waals surface area contributed by atoms with Crippen LogP contribution < -0.4 is 9.64 Å². The first-order chi connectivity index (χ1) is 14.0. The number of aromatic nitrogens is 3. The SMILES string of the molecule is COc1ccc(N2CCN(C(=O)c3nc(-c4ccc(F)cc4)[nH]c3C)CC2)cn1. The van der Waals surface area contributed by atoms with Gasteiger partial charge in [0.1, 0.15) is 17.3 Å². The lowest BCUT2D eigenvalue weighted by molar-refractivity contribution is 0.0740. The molecule has 0 radical (unpaired) electrons. The summed E-state index contributed by atoms with van der Waals surface area (Å²) in [5.41, 5.74) is 2.86. The minimum atomic E-state index is -0.307. The van der Waals surface area contributed by atoms with E-state index in [2.05, 4.69) is 19.9 Å². The number of ether oxygens (including phenoxy) is 1. The largest absolute Gasteiger partial charge is 0.481 e. The lowest BCUT2D eigenvalue weighted by Gasteiger charge is -2.35. The summed E-state index contributed by atoms with van der Waals surface area (Å²) in [6.45, 7) is 4.46. The Kier molecular flexibility index (Phi) is 5.16. The number of piperazine rings is 1. The molecule has 150 valence electrons. The molecule has 0 bridgehead atoms. The summed E-state index contributed by atoms with van der Waals surface area (Å²) in [6, 6.07) is 9.84. The number of benzene rings is 1. The van der Waals surface area contributed by atoms with Crippen LogP contribution in [0.15, 0.2) is 42.6 Å². The van der Waals surface area contributed by atoms with Crippen molar-refractivity contribution in [3.8, 4) is 17.3 Å². The number of hydrogen-bond donors (Lipinski definition) is 1. The summed E-state index contributed by atoms with van der Waals surface area (Å²) in [5.74, 6) is 0.736. The maximum Gasteiger partial charge on any atom is 0.274 e. The van der Waals surface area contributed by atoms with Crippen LogP contribution in [0.4, 0.5) is 10.1 Å². The smallest absolute Gasteiger partial charge is 0.274 e. The highest BCUT2D eigenvalue weighted by molar-refractivity contribution is 5.94. The summed E-state index contributed by atoms with van der Waals surface area (Å²) in [5, 5.41) is 0. The number of H-pyrrole nitrogens is 1. The van der Waals surface area contributed by atoms with Crippen LogP contribution in [-0.2, 0) is 0 Å². The molecule has 1 saturated heterocycles. The first kappa shape index (κ1) is 18.9. The zero-order valence-corrected chi connectivity index (χ0v) is 16.4. The van der Waals surface area contributed by atoms with Crippen molar-refractivity contribution in [2.75, 3.05) is 38.2 Å². The van der Waals surface area contributed by atoms with Gasteiger partial charge >= 0.3 is 0 Å². The maximum atomic E-state index is 13.1. The van der Waals surface area contributed by atoms with E-state index in [-0.39, 0.29) is 11.7 Å². The Morgan fingerprint density at radius 1 is 1.10 bits per heavy atom. The van der Waals surface area contributed by atoms with Crippen LogP contribution in [0.2, 0.25) is 0 Å². The molecular formula is C21H22FN5O2. The third-order valence-corrected chi connectivity index (χ3v) is 5.07. The molecule has 1 N–H and O–H groups in total. The van der Waals surface area contributed by atoms with Crippen LogP contribution in [0.1, 0.15) is 16.2 Å². The lowest BCUT2D eigenvalue weighted by Crippen LogP contribution is -2.49. The molecule has 3 heterocycles. The van der Waals surface area contributed by atoms with E-state index in [4.69, 9.17) is 4.74 Å². The third-order valence-electron chi connectivity index (χ3n) is 5.07. The van der Waals surface area contributed by atoms with E-state index in [0.717, 1.165) is 11.3 Å². The number of nitrogens with one attached hydrogen (secondary N) is 1. The highest BCUT2D eigenvalue weighted by Crippen LogP contribution is 2.21. The van der Waals surface area contributed by atoms with Crippen LogP contribution in [0, 0.1) is 12.7 Å². The van der Waals surface area contributed by atoms with Crippen molar-refractivity contribution in [1.29, 1.82) is 0 Å². The number of imidazole rings is 1. The Labute approximate surface area is 168 Å². The number of methoxy groups -OCH3 is 1. The molecular weight excluding hydrogens is 373 g/mol. The topological polar surface area (TPSA) is 74.3 Å². The fraction of sp³-hybridized carbons (Fsp3) is 0.286. The van der Waals surface area contributed by atoms with Gasteiger partial charge in [0.05, 0.1) is 19.0 Å². The third kappa shape index (κ3) is 3.91. The average molecular weight is 395 g/mol. The Bertz CT molecular complexity index is 993. The number of carbonyl (C=O) groups is 1. The summed E-state index contributed by atoms with van der Waals surface area (Å²) in [4.78, 5) is 28.8. The number of aromatic amines is 1. The molecule has 1 amide bonds. The predicted molar refractivity (Wildman–Crippen MR) is 108 cm³/mol. The normalized spacial score (nSPS) is 14.2. The number of carbonyl (C=O) groups excluding carboxylic acids is 1. The zero-order valence-electron chi connectivity index (χ0n) is 16.4. The molecule has 4 rings (SSSR count). The quantitative estimate of drug-likeness (QED) is 0.735. The van der Waals surface area contributed by atoms with Gasteiger partial charge in [0.15, 0.2) is 0 Å². The van der Waals surface area contributed by atoms with E-state index in [1.54, 1.807) is 25.4 Å². The molecule has 1 aromatic carbocycles. The van der Waals surface area contributed by atoms with E-state index in [1.807, 2.05) is 24.0 Å². The van der Waals surface area contributed by atoms with Crippen molar-refractivity contribution in [3.63, 3.8) is 0 Å². The average Bonchev–Trinajstić information content (AvgIpc) is 3.15. The molecule has 1 aliphatic heterocycles. The second-order valence-corrected chi connectivity index (χ2v) is 6.90. The molecule has 0 unspecified atom stereocenters. The predicted octanol–water partition coefficient (Wildman–Crippen LogP) is 2.89. The number of anilines is 1. The van der Waals surface area contributed by atoms with Crippen molar-refractivity contribution in [2.45, 2.75) is 6.92 Å². The molecule has 2 aromatic heterocycles. The number of rotatable bonds is 4. The van der Waals surface area contributed by atoms with Gasteiger partial charge in [-0.15, -0.1) is 0 Å². The molecule has 0 spiro atoms. The molecule has 3 aromatic rings. The number of aryl methyl sites for hydroxylation is 1. The van der Waals surface area contributed by atoms with Crippen LogP contribution in [0.25, 0.3) is 11.4 Å². The van der Waals surface area contributed by atoms with Gasteiger partial charge in [-0.25, -0.2) is 14.4 Å². The van der Waals surface area contributed by atoms with Crippen molar-refractivity contribution in [2.24, 2.45) is 0 Å². The standard InChI is InChI=1S/C21H22FN5O2/c1-14-19(25-20(24-14)15-3-5-16(22)6-4-15)21(28)27-11-9-26(10-12-27)17-7-8-18(29-2)23-13-17/h3-8,13H,9-12H2,1-2H3,(H,24,25). The molecule has 29 heavy (non-hydrogen) atoms. The molecule has 1 fully saturated rings. The highest BCUT2D eigenvalue weighted by atomic mass is 19.1. The van der Waals surface area contributed by atoms with Gasteiger partial charge < -0.3 is 19.5 Å². The van der Waals surface area contributed by atoms with Gasteiger partial charge in [0, 0.05) is 43.5 Å². The maximum absolute atomic E-state index is 13.1. The van der Waals surface area contributed by atoms with Crippen molar-refractivity contribution in [1.82, 2.24) is 19.9 Å². The van der Waals surface area contributed by atoms with Crippen molar-refractivity contribution in [3.05, 3.63) is 59.8 Å². The Hall–Kier alpha value is -3.42. The zero-order chi connectivity index (χ0) is 20.4. The summed E-state index contributed by atoms with van der Waals surface area (Å²) < 4.78 is 18.2. The van der Waals surface area contributed by atoms with Gasteiger partial charge in [0.25, 0.3) is 5.91 Å². The summed E-state index contributed by atoms with van der Waals surface area (Å²) >= 11 is 0. The Morgan fingerprint density at radius 3 is 2.45 bits per heavy atom. The second-order valence-electron chi connectivity index (χ2n) is 6.90. The molecule has 7 nitrogen and oxygen atoms in total. The fourth-order valence-corrected chi connectivity index (χ4v) is 3.41. The van der Waals surface area contributed by atoms with Gasteiger partial charge in [-0.1, -0.05) is 0 Å². The van der Waals surface area contributed by atoms with Crippen molar-refractivity contribution >= 4 is 11.6 Å². The van der Waals surface area contributed by atoms with Crippen LogP contribution in [-0.4, -0.2) is 59.0 Å². The summed E-state index contributed by atoms with van der Waals surface area (Å²) in [6.07, 6.45) is 1.78. The molecule has 0 saturated carbocycles. The molecule has 0 aliphatic carbocycles. The summed E-state index contributed by atoms with van der Waals surface area (Å²) in [7, 11) is 1.59. The Balaban J connectivity index is 1.43. The molecule has 1 aliphatic rings. The van der Waals surface area contributed by atoms with Gasteiger partial charge in [-0.2, -0.15) is 0 Å². The molecule has 0 atom stereocenters. The second kappa shape index (κ2) is 7.90. The van der Waals surface area contributed by atoms with E-state index in [9.17, 15) is 9.18 Å². The van der Waals surface area contributed by atoms with Crippen LogP contribution >= 0.6 is 0 Å². The number of hydrogen-bond acceptors (Lipinski definition) is 5. The van der Waals surface area contributed by atoms with E-state index in [0.29, 0.717) is 49.3 Å². The number of nitrogens with zero attached hydrogens (tertiary/aromatic N) is 4. The Morgan fingerprint density at radius 2 is 1.83 bits per heavy atom. The van der Waals surface area contributed by atoms with E-state index < -0.39 is 0 Å². The van der Waals surface area contributed by atoms with Gasteiger partial charge in [-0.3, -0.25) is 4.79 Å². The first-order valence-electron chi connectivity index (χ1n) is 9.42. The minimum absolute atomic E-state index is 0.0976. The van der Waals surface area contributed by atoms with E-state index in [1.165, 1.54) is 12.1 Å². The molecule has 8 heteroatoms. The lowest BCUT2D eigenvalue weighted by atomic mass is 10.2. The van der Waals surface area contributed by atoms with Gasteiger partial charge in [0.2, 0.25) is 5.88 Å². The van der Waals surface area contributed by atoms with E-state index >= 15 is 0 Å². The minimum Gasteiger partial charge on any atom is -0.481 e. The van der Waals surface area contributed by atoms with Crippen molar-refractivity contribution < 1.29 is 13.9 Å². The first-order valence-corrected chi connectivity index (χ1v) is 9.42. The number of pyridine rings is 1. The number of amides is 1. The highest BCUT2D eigenvalue weighted by Gasteiger charge is 2.26. The fourth-order valence-electron chi connectivity index (χ4n) is 3.41.